The molecule has 5 nitrogen and oxygen atoms in total. The topological polar surface area (TPSA) is 36.0 Å². The number of piperazine rings is 1. The highest BCUT2D eigenvalue weighted by atomic mass is 16.5. The van der Waals surface area contributed by atoms with E-state index in [1.165, 1.54) is 11.3 Å². The molecular weight excluding hydrogens is 362 g/mol. The smallest absolute Gasteiger partial charge is 0.227 e. The van der Waals surface area contributed by atoms with Gasteiger partial charge in [-0.05, 0) is 43.5 Å². The third-order valence-electron chi connectivity index (χ3n) is 5.95. The molecule has 1 fully saturated rings. The van der Waals surface area contributed by atoms with Crippen LogP contribution in [0.3, 0.4) is 0 Å². The predicted octanol–water partition coefficient (Wildman–Crippen LogP) is 3.58. The molecule has 0 saturated carbocycles. The summed E-state index contributed by atoms with van der Waals surface area (Å²) in [6, 6.07) is 16.9. The number of rotatable bonds is 7. The van der Waals surface area contributed by atoms with Gasteiger partial charge in [-0.1, -0.05) is 24.3 Å². The highest BCUT2D eigenvalue weighted by Crippen LogP contribution is 2.31. The van der Waals surface area contributed by atoms with E-state index in [4.69, 9.17) is 4.74 Å². The van der Waals surface area contributed by atoms with E-state index in [0.29, 0.717) is 19.6 Å². The molecule has 2 aromatic carbocycles. The van der Waals surface area contributed by atoms with Crippen LogP contribution in [0, 0.1) is 0 Å². The molecule has 0 radical (unpaired) electrons. The standard InChI is InChI=1S/C24H31N3O2/c1-2-27-23-19-22(11-9-20(23)10-12-24(27)28)29-18-6-13-25-14-16-26(17-15-25)21-7-4-3-5-8-21/h3-5,7-9,11,19H,2,6,10,12-18H2,1H3. The Morgan fingerprint density at radius 1 is 0.966 bits per heavy atom. The van der Waals surface area contributed by atoms with Gasteiger partial charge in [0.1, 0.15) is 5.75 Å². The van der Waals surface area contributed by atoms with Crippen LogP contribution in [0.4, 0.5) is 11.4 Å². The van der Waals surface area contributed by atoms with Gasteiger partial charge in [-0.3, -0.25) is 9.69 Å². The molecule has 1 amide bonds. The minimum atomic E-state index is 0.215. The first-order chi connectivity index (χ1) is 14.2. The van der Waals surface area contributed by atoms with Crippen LogP contribution >= 0.6 is 0 Å². The third kappa shape index (κ3) is 4.73. The molecular formula is C24H31N3O2. The molecule has 154 valence electrons. The molecule has 0 N–H and O–H groups in total. The Balaban J connectivity index is 1.22. The van der Waals surface area contributed by atoms with Gasteiger partial charge in [0.2, 0.25) is 5.91 Å². The number of carbonyl (C=O) groups is 1. The Labute approximate surface area is 173 Å². The zero-order valence-electron chi connectivity index (χ0n) is 17.3. The zero-order valence-corrected chi connectivity index (χ0v) is 17.3. The molecule has 0 unspecified atom stereocenters. The van der Waals surface area contributed by atoms with E-state index in [2.05, 4.69) is 46.2 Å². The summed E-state index contributed by atoms with van der Waals surface area (Å²) in [5, 5.41) is 0. The Bertz CT molecular complexity index is 816. The van der Waals surface area contributed by atoms with Gasteiger partial charge in [0, 0.05) is 57.4 Å². The number of para-hydroxylation sites is 1. The quantitative estimate of drug-likeness (QED) is 0.674. The number of hydrogen-bond acceptors (Lipinski definition) is 4. The maximum atomic E-state index is 12.1. The number of nitrogens with zero attached hydrogens (tertiary/aromatic N) is 3. The second-order valence-electron chi connectivity index (χ2n) is 7.79. The van der Waals surface area contributed by atoms with Crippen molar-refractivity contribution in [2.75, 3.05) is 55.7 Å². The van der Waals surface area contributed by atoms with Crippen molar-refractivity contribution in [1.82, 2.24) is 4.90 Å². The molecule has 1 saturated heterocycles. The van der Waals surface area contributed by atoms with E-state index in [1.54, 1.807) is 0 Å². The summed E-state index contributed by atoms with van der Waals surface area (Å²) in [4.78, 5) is 19.0. The lowest BCUT2D eigenvalue weighted by molar-refractivity contribution is -0.118. The average Bonchev–Trinajstić information content (AvgIpc) is 2.77. The van der Waals surface area contributed by atoms with Crippen molar-refractivity contribution in [3.8, 4) is 5.75 Å². The second kappa shape index (κ2) is 9.31. The number of fused-ring (bicyclic) bond motifs is 1. The molecule has 0 atom stereocenters. The van der Waals surface area contributed by atoms with Crippen LogP contribution in [0.25, 0.3) is 0 Å². The maximum Gasteiger partial charge on any atom is 0.227 e. The average molecular weight is 394 g/mol. The van der Waals surface area contributed by atoms with Crippen LogP contribution in [-0.2, 0) is 11.2 Å². The Hall–Kier alpha value is -2.53. The maximum absolute atomic E-state index is 12.1. The molecule has 0 bridgehead atoms. The third-order valence-corrected chi connectivity index (χ3v) is 5.95. The molecule has 29 heavy (non-hydrogen) atoms. The molecule has 2 heterocycles. The summed E-state index contributed by atoms with van der Waals surface area (Å²) in [5.74, 6) is 1.08. The fourth-order valence-electron chi connectivity index (χ4n) is 4.30. The summed E-state index contributed by atoms with van der Waals surface area (Å²) >= 11 is 0. The van der Waals surface area contributed by atoms with Crippen molar-refractivity contribution in [3.05, 3.63) is 54.1 Å². The van der Waals surface area contributed by atoms with E-state index in [9.17, 15) is 4.79 Å². The Morgan fingerprint density at radius 3 is 2.52 bits per heavy atom. The van der Waals surface area contributed by atoms with Gasteiger partial charge in [0.15, 0.2) is 0 Å². The van der Waals surface area contributed by atoms with Gasteiger partial charge < -0.3 is 14.5 Å². The van der Waals surface area contributed by atoms with Gasteiger partial charge in [0.05, 0.1) is 12.3 Å². The van der Waals surface area contributed by atoms with Crippen molar-refractivity contribution in [2.24, 2.45) is 0 Å². The van der Waals surface area contributed by atoms with E-state index in [-0.39, 0.29) is 5.91 Å². The second-order valence-corrected chi connectivity index (χ2v) is 7.79. The zero-order chi connectivity index (χ0) is 20.1. The van der Waals surface area contributed by atoms with Crippen LogP contribution in [0.15, 0.2) is 48.5 Å². The largest absolute Gasteiger partial charge is 0.493 e. The highest BCUT2D eigenvalue weighted by Gasteiger charge is 2.23. The van der Waals surface area contributed by atoms with Gasteiger partial charge in [0.25, 0.3) is 0 Å². The minimum Gasteiger partial charge on any atom is -0.493 e. The number of hydrogen-bond donors (Lipinski definition) is 0. The molecule has 2 aliphatic rings. The molecule has 4 rings (SSSR count). The molecule has 5 heteroatoms. The van der Waals surface area contributed by atoms with E-state index in [1.807, 2.05) is 24.0 Å². The summed E-state index contributed by atoms with van der Waals surface area (Å²) in [5.41, 5.74) is 3.59. The molecule has 0 aliphatic carbocycles. The van der Waals surface area contributed by atoms with Gasteiger partial charge >= 0.3 is 0 Å². The van der Waals surface area contributed by atoms with E-state index < -0.39 is 0 Å². The first kappa shape index (κ1) is 19.8. The van der Waals surface area contributed by atoms with E-state index >= 15 is 0 Å². The first-order valence-electron chi connectivity index (χ1n) is 10.8. The molecule has 2 aromatic rings. The van der Waals surface area contributed by atoms with Crippen LogP contribution < -0.4 is 14.5 Å². The van der Waals surface area contributed by atoms with Crippen molar-refractivity contribution < 1.29 is 9.53 Å². The molecule has 0 aromatic heterocycles. The highest BCUT2D eigenvalue weighted by molar-refractivity contribution is 5.96. The van der Waals surface area contributed by atoms with E-state index in [0.717, 1.165) is 57.0 Å². The number of amides is 1. The summed E-state index contributed by atoms with van der Waals surface area (Å²) in [6.07, 6.45) is 2.46. The predicted molar refractivity (Wildman–Crippen MR) is 118 cm³/mol. The molecule has 0 spiro atoms. The number of anilines is 2. The summed E-state index contributed by atoms with van der Waals surface area (Å²) in [7, 11) is 0. The van der Waals surface area contributed by atoms with Crippen molar-refractivity contribution in [1.29, 1.82) is 0 Å². The summed E-state index contributed by atoms with van der Waals surface area (Å²) < 4.78 is 6.01. The van der Waals surface area contributed by atoms with Gasteiger partial charge in [-0.15, -0.1) is 0 Å². The lowest BCUT2D eigenvalue weighted by Crippen LogP contribution is -2.46. The lowest BCUT2D eigenvalue weighted by atomic mass is 10.0. The van der Waals surface area contributed by atoms with Gasteiger partial charge in [-0.25, -0.2) is 0 Å². The lowest BCUT2D eigenvalue weighted by Gasteiger charge is -2.36. The van der Waals surface area contributed by atoms with Crippen molar-refractivity contribution in [3.63, 3.8) is 0 Å². The summed E-state index contributed by atoms with van der Waals surface area (Å²) in [6.45, 7) is 8.86. The van der Waals surface area contributed by atoms with Crippen molar-refractivity contribution in [2.45, 2.75) is 26.2 Å². The van der Waals surface area contributed by atoms with Crippen LogP contribution in [0.2, 0.25) is 0 Å². The van der Waals surface area contributed by atoms with Crippen LogP contribution in [0.1, 0.15) is 25.3 Å². The van der Waals surface area contributed by atoms with Crippen molar-refractivity contribution >= 4 is 17.3 Å². The normalized spacial score (nSPS) is 17.3. The minimum absolute atomic E-state index is 0.215. The van der Waals surface area contributed by atoms with Crippen LogP contribution in [-0.4, -0.2) is 56.7 Å². The fraction of sp³-hybridized carbons (Fsp3) is 0.458. The Kier molecular flexibility index (Phi) is 6.35. The SMILES string of the molecule is CCN1C(=O)CCc2ccc(OCCCN3CCN(c4ccccc4)CC3)cc21. The van der Waals surface area contributed by atoms with Gasteiger partial charge in [-0.2, -0.15) is 0 Å². The fourth-order valence-corrected chi connectivity index (χ4v) is 4.30. The number of aryl methyl sites for hydroxylation is 1. The monoisotopic (exact) mass is 393 g/mol. The number of benzene rings is 2. The van der Waals surface area contributed by atoms with Crippen LogP contribution in [0.5, 0.6) is 5.75 Å². The Morgan fingerprint density at radius 2 is 1.76 bits per heavy atom. The first-order valence-corrected chi connectivity index (χ1v) is 10.8. The number of carbonyl (C=O) groups excluding carboxylic acids is 1. The number of ether oxygens (including phenoxy) is 1. The molecule has 2 aliphatic heterocycles.